The van der Waals surface area contributed by atoms with Crippen molar-refractivity contribution in [2.75, 3.05) is 11.0 Å². The number of hydrogen-bond acceptors (Lipinski definition) is 4. The van der Waals surface area contributed by atoms with Crippen LogP contribution in [-0.4, -0.2) is 20.6 Å². The van der Waals surface area contributed by atoms with Crippen LogP contribution in [0.15, 0.2) is 34.7 Å². The van der Waals surface area contributed by atoms with E-state index in [-0.39, 0.29) is 11.9 Å². The lowest BCUT2D eigenvalue weighted by Crippen LogP contribution is -2.26. The number of hydrogen-bond donors (Lipinski definition) is 2. The first-order chi connectivity index (χ1) is 10.7. The standard InChI is InChI=1S/C16H20N2O4S/c1-10-5-7-13(9-14(10)18-23(4,20)21)16(19)17-12(3)15-8-6-11(2)22-15/h5-9,12,18H,1-4H3,(H,17,19). The Balaban J connectivity index is 2.17. The van der Waals surface area contributed by atoms with Gasteiger partial charge in [0.05, 0.1) is 18.0 Å². The van der Waals surface area contributed by atoms with E-state index in [4.69, 9.17) is 4.42 Å². The summed E-state index contributed by atoms with van der Waals surface area (Å²) < 4.78 is 30.6. The third-order valence-electron chi connectivity index (χ3n) is 3.33. The Morgan fingerprint density at radius 1 is 1.17 bits per heavy atom. The van der Waals surface area contributed by atoms with Crippen molar-refractivity contribution in [1.82, 2.24) is 5.32 Å². The van der Waals surface area contributed by atoms with Gasteiger partial charge in [0.15, 0.2) is 0 Å². The lowest BCUT2D eigenvalue weighted by Gasteiger charge is -2.13. The molecule has 0 saturated heterocycles. The van der Waals surface area contributed by atoms with Crippen LogP contribution in [0.4, 0.5) is 5.69 Å². The smallest absolute Gasteiger partial charge is 0.251 e. The van der Waals surface area contributed by atoms with Gasteiger partial charge < -0.3 is 9.73 Å². The summed E-state index contributed by atoms with van der Waals surface area (Å²) in [6.45, 7) is 5.42. The summed E-state index contributed by atoms with van der Waals surface area (Å²) >= 11 is 0. The van der Waals surface area contributed by atoms with Gasteiger partial charge >= 0.3 is 0 Å². The van der Waals surface area contributed by atoms with Crippen LogP contribution in [-0.2, 0) is 10.0 Å². The Morgan fingerprint density at radius 2 is 1.87 bits per heavy atom. The summed E-state index contributed by atoms with van der Waals surface area (Å²) in [4.78, 5) is 12.3. The molecule has 1 heterocycles. The third-order valence-corrected chi connectivity index (χ3v) is 3.92. The lowest BCUT2D eigenvalue weighted by atomic mass is 10.1. The molecule has 0 aliphatic carbocycles. The molecule has 0 spiro atoms. The van der Waals surface area contributed by atoms with Gasteiger partial charge in [-0.3, -0.25) is 9.52 Å². The molecular weight excluding hydrogens is 316 g/mol. The highest BCUT2D eigenvalue weighted by atomic mass is 32.2. The van der Waals surface area contributed by atoms with Crippen LogP contribution in [0.2, 0.25) is 0 Å². The van der Waals surface area contributed by atoms with E-state index in [1.165, 1.54) is 6.07 Å². The minimum Gasteiger partial charge on any atom is -0.464 e. The molecule has 0 saturated carbocycles. The number of carbonyl (C=O) groups is 1. The fourth-order valence-corrected chi connectivity index (χ4v) is 2.73. The highest BCUT2D eigenvalue weighted by molar-refractivity contribution is 7.92. The number of carbonyl (C=O) groups excluding carboxylic acids is 1. The van der Waals surface area contributed by atoms with Crippen LogP contribution in [0.5, 0.6) is 0 Å². The van der Waals surface area contributed by atoms with E-state index in [2.05, 4.69) is 10.0 Å². The average molecular weight is 336 g/mol. The van der Waals surface area contributed by atoms with Gasteiger partial charge in [0.2, 0.25) is 10.0 Å². The molecule has 0 radical (unpaired) electrons. The van der Waals surface area contributed by atoms with E-state index in [0.29, 0.717) is 17.0 Å². The van der Waals surface area contributed by atoms with Gasteiger partial charge in [-0.1, -0.05) is 6.07 Å². The summed E-state index contributed by atoms with van der Waals surface area (Å²) in [5, 5.41) is 2.83. The van der Waals surface area contributed by atoms with Crippen molar-refractivity contribution < 1.29 is 17.6 Å². The molecule has 0 bridgehead atoms. The van der Waals surface area contributed by atoms with Crippen LogP contribution in [0, 0.1) is 13.8 Å². The van der Waals surface area contributed by atoms with E-state index >= 15 is 0 Å². The molecule has 7 heteroatoms. The topological polar surface area (TPSA) is 88.4 Å². The van der Waals surface area contributed by atoms with Crippen LogP contribution in [0.25, 0.3) is 0 Å². The average Bonchev–Trinajstić information content (AvgIpc) is 2.86. The fraction of sp³-hybridized carbons (Fsp3) is 0.312. The fourth-order valence-electron chi connectivity index (χ4n) is 2.11. The number of amides is 1. The van der Waals surface area contributed by atoms with Crippen molar-refractivity contribution in [3.63, 3.8) is 0 Å². The van der Waals surface area contributed by atoms with Gasteiger partial charge in [-0.2, -0.15) is 0 Å². The molecule has 23 heavy (non-hydrogen) atoms. The van der Waals surface area contributed by atoms with Crippen LogP contribution in [0.3, 0.4) is 0 Å². The first kappa shape index (κ1) is 17.1. The predicted octanol–water partition coefficient (Wildman–Crippen LogP) is 2.76. The maximum atomic E-state index is 12.3. The SMILES string of the molecule is Cc1ccc(C(C)NC(=O)c2ccc(C)c(NS(C)(=O)=O)c2)o1. The minimum absolute atomic E-state index is 0.288. The Hall–Kier alpha value is -2.28. The zero-order chi connectivity index (χ0) is 17.2. The van der Waals surface area contributed by atoms with Crippen molar-refractivity contribution in [2.45, 2.75) is 26.8 Å². The minimum atomic E-state index is -3.40. The zero-order valence-electron chi connectivity index (χ0n) is 13.5. The maximum absolute atomic E-state index is 12.3. The van der Waals surface area contributed by atoms with Gasteiger partial charge in [-0.25, -0.2) is 8.42 Å². The van der Waals surface area contributed by atoms with Crippen molar-refractivity contribution in [3.05, 3.63) is 53.0 Å². The summed E-state index contributed by atoms with van der Waals surface area (Å²) in [5.41, 5.74) is 1.50. The first-order valence-corrected chi connectivity index (χ1v) is 9.00. The molecule has 2 N–H and O–H groups in total. The van der Waals surface area contributed by atoms with E-state index < -0.39 is 10.0 Å². The molecule has 2 aromatic rings. The number of benzene rings is 1. The largest absolute Gasteiger partial charge is 0.464 e. The lowest BCUT2D eigenvalue weighted by molar-refractivity contribution is 0.0935. The molecule has 0 aliphatic heterocycles. The number of rotatable bonds is 5. The predicted molar refractivity (Wildman–Crippen MR) is 89.0 cm³/mol. The third kappa shape index (κ3) is 4.59. The molecule has 2 rings (SSSR count). The van der Waals surface area contributed by atoms with E-state index in [1.54, 1.807) is 19.1 Å². The van der Waals surface area contributed by atoms with Gasteiger partial charge in [-0.05, 0) is 50.6 Å². The molecule has 1 aromatic carbocycles. The molecule has 0 fully saturated rings. The Morgan fingerprint density at radius 3 is 2.43 bits per heavy atom. The molecule has 0 aliphatic rings. The number of aryl methyl sites for hydroxylation is 2. The second kappa shape index (κ2) is 6.45. The quantitative estimate of drug-likeness (QED) is 0.879. The second-order valence-corrected chi connectivity index (χ2v) is 7.30. The molecule has 124 valence electrons. The van der Waals surface area contributed by atoms with Crippen LogP contribution >= 0.6 is 0 Å². The molecule has 1 unspecified atom stereocenters. The van der Waals surface area contributed by atoms with Crippen molar-refractivity contribution in [1.29, 1.82) is 0 Å². The Bertz CT molecular complexity index is 824. The second-order valence-electron chi connectivity index (χ2n) is 5.55. The number of anilines is 1. The Labute approximate surface area is 135 Å². The summed E-state index contributed by atoms with van der Waals surface area (Å²) in [6.07, 6.45) is 1.07. The zero-order valence-corrected chi connectivity index (χ0v) is 14.3. The first-order valence-electron chi connectivity index (χ1n) is 7.11. The van der Waals surface area contributed by atoms with Gasteiger partial charge in [-0.15, -0.1) is 0 Å². The number of furan rings is 1. The molecule has 1 amide bonds. The number of sulfonamides is 1. The monoisotopic (exact) mass is 336 g/mol. The van der Waals surface area contributed by atoms with E-state index in [1.807, 2.05) is 26.0 Å². The van der Waals surface area contributed by atoms with Crippen LogP contribution in [0.1, 0.15) is 40.4 Å². The number of nitrogens with one attached hydrogen (secondary N) is 2. The highest BCUT2D eigenvalue weighted by Gasteiger charge is 2.15. The van der Waals surface area contributed by atoms with Gasteiger partial charge in [0.25, 0.3) is 5.91 Å². The normalized spacial score (nSPS) is 12.7. The van der Waals surface area contributed by atoms with Crippen molar-refractivity contribution in [3.8, 4) is 0 Å². The summed E-state index contributed by atoms with van der Waals surface area (Å²) in [7, 11) is -3.40. The summed E-state index contributed by atoms with van der Waals surface area (Å²) in [6, 6.07) is 8.22. The van der Waals surface area contributed by atoms with Crippen molar-refractivity contribution >= 4 is 21.6 Å². The summed E-state index contributed by atoms with van der Waals surface area (Å²) in [5.74, 6) is 1.14. The van der Waals surface area contributed by atoms with Gasteiger partial charge in [0, 0.05) is 5.56 Å². The molecule has 1 atom stereocenters. The van der Waals surface area contributed by atoms with E-state index in [9.17, 15) is 13.2 Å². The van der Waals surface area contributed by atoms with Crippen molar-refractivity contribution in [2.24, 2.45) is 0 Å². The van der Waals surface area contributed by atoms with Gasteiger partial charge in [0.1, 0.15) is 11.5 Å². The molecular formula is C16H20N2O4S. The highest BCUT2D eigenvalue weighted by Crippen LogP contribution is 2.20. The van der Waals surface area contributed by atoms with E-state index in [0.717, 1.165) is 17.6 Å². The molecule has 1 aromatic heterocycles. The Kier molecular flexibility index (Phi) is 4.79. The maximum Gasteiger partial charge on any atom is 0.251 e. The van der Waals surface area contributed by atoms with Crippen LogP contribution < -0.4 is 10.0 Å². The molecule has 6 nitrogen and oxygen atoms in total.